The SMILES string of the molecule is CSC1=C(c2ccc(Cl)cc2)OC2Oc3ccccc3C12. The average molecular weight is 317 g/mol. The number of ether oxygens (including phenoxy) is 2. The normalized spacial score (nSPS) is 22.6. The van der Waals surface area contributed by atoms with Crippen LogP contribution in [-0.2, 0) is 4.74 Å². The minimum Gasteiger partial charge on any atom is -0.454 e. The molecule has 0 saturated carbocycles. The lowest BCUT2D eigenvalue weighted by atomic mass is 9.99. The Balaban J connectivity index is 1.81. The van der Waals surface area contributed by atoms with Gasteiger partial charge in [-0.3, -0.25) is 0 Å². The molecule has 0 radical (unpaired) electrons. The fourth-order valence-corrected chi connectivity index (χ4v) is 3.86. The number of hydrogen-bond donors (Lipinski definition) is 0. The van der Waals surface area contributed by atoms with Crippen molar-refractivity contribution in [1.82, 2.24) is 0 Å². The van der Waals surface area contributed by atoms with Crippen LogP contribution in [0.25, 0.3) is 5.76 Å². The van der Waals surface area contributed by atoms with E-state index in [1.165, 1.54) is 10.5 Å². The van der Waals surface area contributed by atoms with E-state index in [-0.39, 0.29) is 12.2 Å². The molecule has 2 atom stereocenters. The largest absolute Gasteiger partial charge is 0.454 e. The van der Waals surface area contributed by atoms with Gasteiger partial charge >= 0.3 is 0 Å². The van der Waals surface area contributed by atoms with Crippen LogP contribution in [0.5, 0.6) is 5.75 Å². The summed E-state index contributed by atoms with van der Waals surface area (Å²) < 4.78 is 12.0. The van der Waals surface area contributed by atoms with Gasteiger partial charge < -0.3 is 9.47 Å². The van der Waals surface area contributed by atoms with E-state index in [0.717, 1.165) is 22.1 Å². The summed E-state index contributed by atoms with van der Waals surface area (Å²) in [5.41, 5.74) is 2.25. The first-order chi connectivity index (χ1) is 10.3. The molecule has 2 heterocycles. The van der Waals surface area contributed by atoms with Gasteiger partial charge in [0.2, 0.25) is 0 Å². The van der Waals surface area contributed by atoms with Crippen molar-refractivity contribution in [3.63, 3.8) is 0 Å². The van der Waals surface area contributed by atoms with Gasteiger partial charge in [-0.25, -0.2) is 0 Å². The van der Waals surface area contributed by atoms with Gasteiger partial charge in [0.05, 0.1) is 5.92 Å². The maximum Gasteiger partial charge on any atom is 0.252 e. The van der Waals surface area contributed by atoms with Crippen molar-refractivity contribution in [1.29, 1.82) is 0 Å². The van der Waals surface area contributed by atoms with Gasteiger partial charge in [0, 0.05) is 21.1 Å². The van der Waals surface area contributed by atoms with Gasteiger partial charge in [-0.15, -0.1) is 11.8 Å². The number of hydrogen-bond acceptors (Lipinski definition) is 3. The van der Waals surface area contributed by atoms with Crippen molar-refractivity contribution in [2.75, 3.05) is 6.26 Å². The lowest BCUT2D eigenvalue weighted by molar-refractivity contribution is 0.00641. The van der Waals surface area contributed by atoms with E-state index in [1.54, 1.807) is 11.8 Å². The third-order valence-electron chi connectivity index (χ3n) is 3.84. The molecule has 2 nitrogen and oxygen atoms in total. The molecular formula is C17H13ClO2S. The first-order valence-electron chi connectivity index (χ1n) is 6.74. The first-order valence-corrected chi connectivity index (χ1v) is 8.34. The lowest BCUT2D eigenvalue weighted by Crippen LogP contribution is -2.15. The monoisotopic (exact) mass is 316 g/mol. The summed E-state index contributed by atoms with van der Waals surface area (Å²) in [4.78, 5) is 1.22. The molecule has 2 unspecified atom stereocenters. The molecule has 2 aliphatic heterocycles. The predicted molar refractivity (Wildman–Crippen MR) is 86.6 cm³/mol. The second-order valence-electron chi connectivity index (χ2n) is 5.02. The highest BCUT2D eigenvalue weighted by Gasteiger charge is 2.45. The van der Waals surface area contributed by atoms with Gasteiger partial charge in [-0.05, 0) is 36.6 Å². The van der Waals surface area contributed by atoms with Crippen LogP contribution in [0.15, 0.2) is 53.4 Å². The minimum atomic E-state index is -0.254. The molecule has 0 N–H and O–H groups in total. The Bertz CT molecular complexity index is 724. The van der Waals surface area contributed by atoms with E-state index < -0.39 is 0 Å². The summed E-state index contributed by atoms with van der Waals surface area (Å²) in [5.74, 6) is 2.00. The minimum absolute atomic E-state index is 0.168. The number of thioether (sulfide) groups is 1. The van der Waals surface area contributed by atoms with E-state index >= 15 is 0 Å². The summed E-state index contributed by atoms with van der Waals surface area (Å²) in [6, 6.07) is 15.9. The summed E-state index contributed by atoms with van der Waals surface area (Å²) in [6.07, 6.45) is 1.83. The summed E-state index contributed by atoms with van der Waals surface area (Å²) in [6.45, 7) is 0. The average Bonchev–Trinajstić information content (AvgIpc) is 3.03. The molecule has 0 aliphatic carbocycles. The van der Waals surface area contributed by atoms with Crippen molar-refractivity contribution in [3.05, 3.63) is 69.6 Å². The molecule has 0 fully saturated rings. The van der Waals surface area contributed by atoms with Crippen LogP contribution < -0.4 is 4.74 Å². The van der Waals surface area contributed by atoms with Gasteiger partial charge in [0.15, 0.2) is 0 Å². The van der Waals surface area contributed by atoms with Crippen LogP contribution in [0, 0.1) is 0 Å². The van der Waals surface area contributed by atoms with E-state index in [1.807, 2.05) is 42.5 Å². The summed E-state index contributed by atoms with van der Waals surface area (Å²) in [5, 5.41) is 0.727. The van der Waals surface area contributed by atoms with Crippen molar-refractivity contribution < 1.29 is 9.47 Å². The standard InChI is InChI=1S/C17H13ClO2S/c1-21-16-14-12-4-2-3-5-13(12)19-17(14)20-15(16)10-6-8-11(18)9-7-10/h2-9,14,17H,1H3. The molecule has 21 heavy (non-hydrogen) atoms. The van der Waals surface area contributed by atoms with Crippen LogP contribution >= 0.6 is 23.4 Å². The summed E-state index contributed by atoms with van der Waals surface area (Å²) >= 11 is 7.69. The molecule has 2 aromatic rings. The zero-order chi connectivity index (χ0) is 14.4. The molecule has 4 heteroatoms. The number of para-hydroxylation sites is 1. The molecule has 0 spiro atoms. The lowest BCUT2D eigenvalue weighted by Gasteiger charge is -2.11. The molecule has 0 bridgehead atoms. The van der Waals surface area contributed by atoms with E-state index in [0.29, 0.717) is 0 Å². The van der Waals surface area contributed by atoms with E-state index in [4.69, 9.17) is 21.1 Å². The smallest absolute Gasteiger partial charge is 0.252 e. The Morgan fingerprint density at radius 3 is 2.52 bits per heavy atom. The van der Waals surface area contributed by atoms with Crippen molar-refractivity contribution in [3.8, 4) is 5.75 Å². The highest BCUT2D eigenvalue weighted by Crippen LogP contribution is 2.53. The molecule has 0 amide bonds. The third-order valence-corrected chi connectivity index (χ3v) is 4.97. The fraction of sp³-hybridized carbons (Fsp3) is 0.176. The zero-order valence-electron chi connectivity index (χ0n) is 11.4. The molecule has 2 aromatic carbocycles. The van der Waals surface area contributed by atoms with Crippen LogP contribution in [0.4, 0.5) is 0 Å². The van der Waals surface area contributed by atoms with Crippen molar-refractivity contribution in [2.24, 2.45) is 0 Å². The van der Waals surface area contributed by atoms with Crippen LogP contribution in [-0.4, -0.2) is 12.5 Å². The molecule has 0 aromatic heterocycles. The Hall–Kier alpha value is -1.58. The van der Waals surface area contributed by atoms with Gasteiger partial charge in [-0.1, -0.05) is 29.8 Å². The number of rotatable bonds is 2. The summed E-state index contributed by atoms with van der Waals surface area (Å²) in [7, 11) is 0. The second kappa shape index (κ2) is 5.00. The van der Waals surface area contributed by atoms with Crippen molar-refractivity contribution in [2.45, 2.75) is 12.2 Å². The Labute approximate surface area is 132 Å². The highest BCUT2D eigenvalue weighted by molar-refractivity contribution is 8.02. The number of halogens is 1. The molecular weight excluding hydrogens is 304 g/mol. The Kier molecular flexibility index (Phi) is 3.12. The maximum absolute atomic E-state index is 6.09. The third kappa shape index (κ3) is 2.03. The van der Waals surface area contributed by atoms with Crippen LogP contribution in [0.3, 0.4) is 0 Å². The van der Waals surface area contributed by atoms with Crippen molar-refractivity contribution >= 4 is 29.1 Å². The molecule has 0 saturated heterocycles. The first kappa shape index (κ1) is 13.1. The van der Waals surface area contributed by atoms with Gasteiger partial charge in [0.25, 0.3) is 6.29 Å². The zero-order valence-corrected chi connectivity index (χ0v) is 12.9. The second-order valence-corrected chi connectivity index (χ2v) is 6.31. The highest BCUT2D eigenvalue weighted by atomic mass is 35.5. The van der Waals surface area contributed by atoms with E-state index in [9.17, 15) is 0 Å². The molecule has 2 aliphatic rings. The Morgan fingerprint density at radius 2 is 1.76 bits per heavy atom. The Morgan fingerprint density at radius 1 is 1.00 bits per heavy atom. The quantitative estimate of drug-likeness (QED) is 0.784. The number of fused-ring (bicyclic) bond motifs is 3. The van der Waals surface area contributed by atoms with Gasteiger partial charge in [0.1, 0.15) is 11.5 Å². The fourth-order valence-electron chi connectivity index (χ4n) is 2.89. The van der Waals surface area contributed by atoms with Gasteiger partial charge in [-0.2, -0.15) is 0 Å². The van der Waals surface area contributed by atoms with Crippen LogP contribution in [0.2, 0.25) is 5.02 Å². The van der Waals surface area contributed by atoms with E-state index in [2.05, 4.69) is 12.3 Å². The van der Waals surface area contributed by atoms with Crippen LogP contribution in [0.1, 0.15) is 17.0 Å². The predicted octanol–water partition coefficient (Wildman–Crippen LogP) is 4.90. The maximum atomic E-state index is 6.09. The molecule has 106 valence electrons. The topological polar surface area (TPSA) is 18.5 Å². The molecule has 4 rings (SSSR count). The number of benzene rings is 2.